The third-order valence-electron chi connectivity index (χ3n) is 4.06. The van der Waals surface area contributed by atoms with Gasteiger partial charge in [-0.25, -0.2) is 9.59 Å². The Morgan fingerprint density at radius 1 is 1.25 bits per heavy atom. The van der Waals surface area contributed by atoms with Crippen LogP contribution < -0.4 is 4.90 Å². The van der Waals surface area contributed by atoms with Crippen LogP contribution in [0.5, 0.6) is 0 Å². The molecule has 1 aliphatic heterocycles. The molecule has 1 amide bonds. The third-order valence-corrected chi connectivity index (χ3v) is 4.06. The minimum absolute atomic E-state index is 0.0213. The van der Waals surface area contributed by atoms with Gasteiger partial charge in [0.1, 0.15) is 5.60 Å². The minimum atomic E-state index is -0.915. The Labute approximate surface area is 143 Å². The van der Waals surface area contributed by atoms with E-state index in [2.05, 4.69) is 4.90 Å². The van der Waals surface area contributed by atoms with Gasteiger partial charge in [-0.05, 0) is 58.4 Å². The molecule has 0 aromatic heterocycles. The maximum Gasteiger partial charge on any atom is 0.410 e. The van der Waals surface area contributed by atoms with E-state index in [4.69, 9.17) is 9.84 Å². The smallest absolute Gasteiger partial charge is 0.410 e. The summed E-state index contributed by atoms with van der Waals surface area (Å²) in [4.78, 5) is 27.3. The number of piperazine rings is 1. The monoisotopic (exact) mass is 334 g/mol. The maximum absolute atomic E-state index is 12.3. The summed E-state index contributed by atoms with van der Waals surface area (Å²) < 4.78 is 5.45. The number of hydrogen-bond donors (Lipinski definition) is 1. The normalized spacial score (nSPS) is 18.5. The highest BCUT2D eigenvalue weighted by Gasteiger charge is 2.31. The summed E-state index contributed by atoms with van der Waals surface area (Å²) in [6.45, 7) is 11.3. The first kappa shape index (κ1) is 18.1. The molecule has 2 rings (SSSR count). The van der Waals surface area contributed by atoms with Crippen molar-refractivity contribution >= 4 is 17.7 Å². The van der Waals surface area contributed by atoms with E-state index < -0.39 is 11.6 Å². The first-order valence-corrected chi connectivity index (χ1v) is 8.17. The number of amides is 1. The fourth-order valence-electron chi connectivity index (χ4n) is 2.87. The van der Waals surface area contributed by atoms with Crippen LogP contribution in [0, 0.1) is 6.92 Å². The molecule has 1 aromatic rings. The number of carbonyl (C=O) groups excluding carboxylic acids is 1. The lowest BCUT2D eigenvalue weighted by Gasteiger charge is -2.41. The number of carbonyl (C=O) groups is 2. The van der Waals surface area contributed by atoms with E-state index in [0.29, 0.717) is 25.2 Å². The van der Waals surface area contributed by atoms with Crippen molar-refractivity contribution in [2.24, 2.45) is 0 Å². The lowest BCUT2D eigenvalue weighted by Crippen LogP contribution is -2.55. The number of carboxylic acid groups (broad SMARTS) is 1. The van der Waals surface area contributed by atoms with Crippen LogP contribution in [-0.2, 0) is 4.74 Å². The lowest BCUT2D eigenvalue weighted by molar-refractivity contribution is 0.0159. The molecule has 0 bridgehead atoms. The van der Waals surface area contributed by atoms with Crippen LogP contribution in [0.25, 0.3) is 0 Å². The van der Waals surface area contributed by atoms with Crippen LogP contribution in [0.1, 0.15) is 43.6 Å². The number of ether oxygens (including phenoxy) is 1. The summed E-state index contributed by atoms with van der Waals surface area (Å²) in [6.07, 6.45) is -0.285. The van der Waals surface area contributed by atoms with Crippen LogP contribution in [-0.4, -0.2) is 53.3 Å². The zero-order valence-corrected chi connectivity index (χ0v) is 15.0. The van der Waals surface area contributed by atoms with Crippen molar-refractivity contribution in [3.63, 3.8) is 0 Å². The summed E-state index contributed by atoms with van der Waals surface area (Å²) in [5.41, 5.74) is 1.53. The quantitative estimate of drug-likeness (QED) is 0.900. The molecule has 1 saturated heterocycles. The molecule has 1 fully saturated rings. The summed E-state index contributed by atoms with van der Waals surface area (Å²) in [7, 11) is 0. The highest BCUT2D eigenvalue weighted by Crippen LogP contribution is 2.23. The predicted molar refractivity (Wildman–Crippen MR) is 92.8 cm³/mol. The van der Waals surface area contributed by atoms with E-state index in [1.807, 2.05) is 39.8 Å². The van der Waals surface area contributed by atoms with Crippen molar-refractivity contribution in [3.8, 4) is 0 Å². The summed E-state index contributed by atoms with van der Waals surface area (Å²) in [5.74, 6) is -0.915. The van der Waals surface area contributed by atoms with Crippen LogP contribution in [0.4, 0.5) is 10.5 Å². The zero-order valence-electron chi connectivity index (χ0n) is 15.0. The fourth-order valence-corrected chi connectivity index (χ4v) is 2.87. The van der Waals surface area contributed by atoms with Crippen LogP contribution in [0.15, 0.2) is 18.2 Å². The van der Waals surface area contributed by atoms with Gasteiger partial charge in [0.15, 0.2) is 0 Å². The van der Waals surface area contributed by atoms with E-state index >= 15 is 0 Å². The van der Waals surface area contributed by atoms with Gasteiger partial charge in [0.25, 0.3) is 0 Å². The van der Waals surface area contributed by atoms with E-state index in [-0.39, 0.29) is 12.1 Å². The van der Waals surface area contributed by atoms with Gasteiger partial charge in [-0.1, -0.05) is 0 Å². The van der Waals surface area contributed by atoms with Gasteiger partial charge >= 0.3 is 12.1 Å². The van der Waals surface area contributed by atoms with Gasteiger partial charge in [-0.15, -0.1) is 0 Å². The Morgan fingerprint density at radius 2 is 1.92 bits per heavy atom. The molecule has 132 valence electrons. The van der Waals surface area contributed by atoms with Gasteiger partial charge in [-0.3, -0.25) is 0 Å². The Balaban J connectivity index is 2.07. The Kier molecular flexibility index (Phi) is 5.06. The molecule has 0 spiro atoms. The molecule has 24 heavy (non-hydrogen) atoms. The Hall–Kier alpha value is -2.24. The first-order valence-electron chi connectivity index (χ1n) is 8.17. The van der Waals surface area contributed by atoms with Crippen LogP contribution in [0.3, 0.4) is 0 Å². The Morgan fingerprint density at radius 3 is 2.42 bits per heavy atom. The first-order chi connectivity index (χ1) is 11.1. The molecule has 0 saturated carbocycles. The van der Waals surface area contributed by atoms with Gasteiger partial charge in [0.05, 0.1) is 5.56 Å². The molecule has 1 atom stereocenters. The lowest BCUT2D eigenvalue weighted by atomic mass is 10.1. The molecular weight excluding hydrogens is 308 g/mol. The average Bonchev–Trinajstić information content (AvgIpc) is 2.44. The highest BCUT2D eigenvalue weighted by atomic mass is 16.6. The number of aryl methyl sites for hydroxylation is 1. The molecule has 6 heteroatoms. The number of rotatable bonds is 2. The van der Waals surface area contributed by atoms with Gasteiger partial charge in [0, 0.05) is 31.4 Å². The number of hydrogen-bond acceptors (Lipinski definition) is 4. The fraction of sp³-hybridized carbons (Fsp3) is 0.556. The van der Waals surface area contributed by atoms with E-state index in [1.165, 1.54) is 0 Å². The second-order valence-corrected chi connectivity index (χ2v) is 7.27. The highest BCUT2D eigenvalue weighted by molar-refractivity contribution is 5.90. The Bertz CT molecular complexity index is 636. The number of aromatic carboxylic acids is 1. The van der Waals surface area contributed by atoms with Crippen molar-refractivity contribution < 1.29 is 19.4 Å². The average molecular weight is 334 g/mol. The molecule has 1 N–H and O–H groups in total. The van der Waals surface area contributed by atoms with Crippen molar-refractivity contribution in [1.29, 1.82) is 0 Å². The molecule has 0 radical (unpaired) electrons. The molecular formula is C18H26N2O4. The van der Waals surface area contributed by atoms with Crippen molar-refractivity contribution in [2.45, 2.75) is 46.3 Å². The van der Waals surface area contributed by atoms with Gasteiger partial charge in [-0.2, -0.15) is 0 Å². The molecule has 1 aromatic carbocycles. The van der Waals surface area contributed by atoms with Crippen molar-refractivity contribution in [3.05, 3.63) is 29.3 Å². The SMILES string of the molecule is Cc1cc(N2CCN(C(=O)OC(C)(C)C)C(C)C2)ccc1C(=O)O. The zero-order chi connectivity index (χ0) is 18.1. The summed E-state index contributed by atoms with van der Waals surface area (Å²) in [6, 6.07) is 5.37. The minimum Gasteiger partial charge on any atom is -0.478 e. The third kappa shape index (κ3) is 4.19. The van der Waals surface area contributed by atoms with E-state index in [1.54, 1.807) is 17.9 Å². The summed E-state index contributed by atoms with van der Waals surface area (Å²) >= 11 is 0. The number of benzene rings is 1. The topological polar surface area (TPSA) is 70.1 Å². The molecule has 6 nitrogen and oxygen atoms in total. The second kappa shape index (κ2) is 6.71. The molecule has 1 heterocycles. The van der Waals surface area contributed by atoms with Crippen molar-refractivity contribution in [1.82, 2.24) is 4.90 Å². The van der Waals surface area contributed by atoms with Gasteiger partial charge in [0.2, 0.25) is 0 Å². The predicted octanol–water partition coefficient (Wildman–Crippen LogP) is 3.14. The molecule has 0 aliphatic carbocycles. The number of anilines is 1. The second-order valence-electron chi connectivity index (χ2n) is 7.27. The van der Waals surface area contributed by atoms with E-state index in [0.717, 1.165) is 11.3 Å². The largest absolute Gasteiger partial charge is 0.478 e. The molecule has 1 unspecified atom stereocenters. The number of carboxylic acids is 1. The summed E-state index contributed by atoms with van der Waals surface area (Å²) in [5, 5.41) is 9.13. The number of nitrogens with zero attached hydrogens (tertiary/aromatic N) is 2. The van der Waals surface area contributed by atoms with Crippen LogP contribution >= 0.6 is 0 Å². The van der Waals surface area contributed by atoms with E-state index in [9.17, 15) is 9.59 Å². The standard InChI is InChI=1S/C18H26N2O4/c1-12-10-14(6-7-15(12)16(21)22)19-8-9-20(13(2)11-19)17(23)24-18(3,4)5/h6-7,10,13H,8-9,11H2,1-5H3,(H,21,22). The van der Waals surface area contributed by atoms with Crippen LogP contribution in [0.2, 0.25) is 0 Å². The maximum atomic E-state index is 12.3. The van der Waals surface area contributed by atoms with Gasteiger partial charge < -0.3 is 19.6 Å². The molecule has 1 aliphatic rings. The van der Waals surface area contributed by atoms with Crippen molar-refractivity contribution in [2.75, 3.05) is 24.5 Å².